The summed E-state index contributed by atoms with van der Waals surface area (Å²) in [5, 5.41) is 0. The molecule has 74 nitrogen and oxygen atoms in total. The Kier molecular flexibility index (Phi) is 38.0. The first-order valence-electron chi connectivity index (χ1n) is 30.8. The van der Waals surface area contributed by atoms with Crippen molar-refractivity contribution in [2.24, 2.45) is 5.41 Å². The molecule has 0 bridgehead atoms. The Balaban J connectivity index is 2.07. The fourth-order valence-electron chi connectivity index (χ4n) is 10.9. The van der Waals surface area contributed by atoms with E-state index in [-0.39, 0.29) is 6.42 Å². The van der Waals surface area contributed by atoms with Crippen LogP contribution < -0.4 is 0 Å². The van der Waals surface area contributed by atoms with Gasteiger partial charge in [0.25, 0.3) is 0 Å². The SMILES string of the molecule is CC(C)(C)CCOC1O[C@H](COS(=O)(=O)O)[C@@H](OS(=O)(=O)O)[C@H](O[C@@H]2O[C@H](COS(=O)(=O)O)[C@@H](OS(=O)(=O)O)[C@H](O[C@@H]3O[C@H](COS(=O)(=O)O)[C@@H](OS(=O)(=O)O)[C@H](O[C@@H]4O[C@H](COS(=O)(=O)O)[C@@H](OS(=O)(=O)O)[C@H](O[C@@H]5O[C@H](COS(=O)(=O)O)[C@@H](OS(=O)(=O)O)[C@H](OS(=O)(=O)O)[C@H]5OS(=O)(=O)O)[C@H]4OS(=O)(=O)O)[C@H]3OS(=O)(=O)O)[C@H]2OS(=O)(=O)O)[C@H]1OS(=O)(=O)O. The normalized spacial score (nSPS) is 32.5. The van der Waals surface area contributed by atoms with Crippen LogP contribution in [0.3, 0.4) is 0 Å². The summed E-state index contributed by atoms with van der Waals surface area (Å²) in [6.07, 6.45) is -95.8. The molecule has 5 aliphatic rings. The Labute approximate surface area is 709 Å². The van der Waals surface area contributed by atoms with Crippen LogP contribution in [0.5, 0.6) is 0 Å². The standard InChI is InChI=1S/C36H64O74S16/c1-36(2,3)4-5-85-31-26(106-122(70,71)72)21(16(100-116(52,53)54)11(91-31)6-86-111(37,38)39)96-32-27(107-123(73,74)75)22(17(101-117(55,56)57)12(92-32)7-87-112(40,41)42)97-33-28(108-124(76,77)78)23(18(102-118(58,59)60)13(93-33)8-88-113(43,44)45)98-34-29(109-125(79,80)81)24(19(103-119(61,62)63)14(94-34)9-89-114(46,47)48)99-35-30(110-126(82,83)84)25(105-121(67,68)69)20(104-120(64,65)66)15(95-35)10-90-115(49,50)51/h11-35H,4-10H2,1-3H3,(H,37,38,39)(H,40,41,42)(H,43,44,45)(H,46,47,48)(H,49,50,51)(H,52,53,54)(H,55,56,57)(H,58,59,60)(H,61,62,63)(H,64,65,66)(H,67,68,69)(H,70,71,72)(H,73,74,75)(H,76,77,78)(H,79,80,81)(H,82,83,84)/t11-,12-,13-,14-,15-,16-,17-,18-,19-,20-,21+,22+,23+,24+,25+,26-,27-,28-,29-,30-,31?,32+,33+,34+,35+/m1/s1. The molecule has 90 heteroatoms. The molecule has 5 saturated heterocycles. The Morgan fingerprint density at radius 1 is 0.198 bits per heavy atom. The van der Waals surface area contributed by atoms with Crippen LogP contribution in [0.4, 0.5) is 0 Å². The molecule has 0 radical (unpaired) electrons. The highest BCUT2D eigenvalue weighted by atomic mass is 32.3. The van der Waals surface area contributed by atoms with Crippen LogP contribution >= 0.6 is 0 Å². The molecular formula is C36H64O74S16. The summed E-state index contributed by atoms with van der Waals surface area (Å²) in [5.41, 5.74) is -0.970. The predicted molar refractivity (Wildman–Crippen MR) is 361 cm³/mol. The fraction of sp³-hybridized carbons (Fsp3) is 1.00. The molecule has 25 atom stereocenters. The molecule has 16 N–H and O–H groups in total. The average molecular weight is 2190 g/mol. The van der Waals surface area contributed by atoms with Crippen molar-refractivity contribution in [3.05, 3.63) is 0 Å². The first-order chi connectivity index (χ1) is 56.0. The molecule has 5 rings (SSSR count). The molecule has 126 heavy (non-hydrogen) atoms. The Bertz CT molecular complexity index is 5740. The lowest BCUT2D eigenvalue weighted by molar-refractivity contribution is -0.385. The van der Waals surface area contributed by atoms with E-state index >= 15 is 0 Å². The van der Waals surface area contributed by atoms with Crippen molar-refractivity contribution < 1.29 is 322 Å². The highest BCUT2D eigenvalue weighted by Gasteiger charge is 2.65. The Morgan fingerprint density at radius 3 is 0.508 bits per heavy atom. The maximum Gasteiger partial charge on any atom is 0.397 e. The molecule has 0 aromatic rings. The van der Waals surface area contributed by atoms with Crippen LogP contribution in [0.15, 0.2) is 0 Å². The van der Waals surface area contributed by atoms with Gasteiger partial charge in [-0.1, -0.05) is 20.8 Å². The second-order valence-electron chi connectivity index (χ2n) is 25.2. The summed E-state index contributed by atoms with van der Waals surface area (Å²) in [6, 6.07) is 0. The van der Waals surface area contributed by atoms with Gasteiger partial charge < -0.3 is 47.4 Å². The summed E-state index contributed by atoms with van der Waals surface area (Å²) >= 11 is 0. The summed E-state index contributed by atoms with van der Waals surface area (Å²) in [7, 11) is -106. The van der Waals surface area contributed by atoms with E-state index in [1.165, 1.54) is 20.8 Å². The van der Waals surface area contributed by atoms with Gasteiger partial charge >= 0.3 is 166 Å². The molecule has 0 aromatic heterocycles. The van der Waals surface area contributed by atoms with Crippen LogP contribution in [0, 0.1) is 5.41 Å². The molecule has 0 amide bonds. The van der Waals surface area contributed by atoms with Crippen molar-refractivity contribution in [2.75, 3.05) is 39.6 Å². The fourth-order valence-corrected chi connectivity index (χ4v) is 17.9. The topological polar surface area (TPSA) is 1110 Å². The second kappa shape index (κ2) is 42.0. The van der Waals surface area contributed by atoms with Crippen molar-refractivity contribution in [3.63, 3.8) is 0 Å². The Morgan fingerprint density at radius 2 is 0.341 bits per heavy atom. The zero-order valence-electron chi connectivity index (χ0n) is 60.2. The number of hydrogen-bond acceptors (Lipinski definition) is 58. The van der Waals surface area contributed by atoms with Gasteiger partial charge in [0.1, 0.15) is 91.6 Å². The van der Waals surface area contributed by atoms with E-state index in [4.69, 9.17) is 47.4 Å². The van der Waals surface area contributed by atoms with E-state index in [1.807, 2.05) is 0 Å². The molecule has 0 aliphatic carbocycles. The third-order valence-electron chi connectivity index (χ3n) is 14.7. The quantitative estimate of drug-likeness (QED) is 0.0252. The van der Waals surface area contributed by atoms with Crippen molar-refractivity contribution in [1.82, 2.24) is 0 Å². The number of rotatable bonds is 48. The average Bonchev–Trinajstić information content (AvgIpc) is 0.745. The number of ether oxygens (including phenoxy) is 10. The highest BCUT2D eigenvalue weighted by molar-refractivity contribution is 7.84. The third-order valence-corrected chi connectivity index (χ3v) is 22.0. The van der Waals surface area contributed by atoms with E-state index in [2.05, 4.69) is 66.9 Å². The van der Waals surface area contributed by atoms with Crippen molar-refractivity contribution >= 4 is 166 Å². The second-order valence-corrected chi connectivity index (χ2v) is 42.2. The van der Waals surface area contributed by atoms with Gasteiger partial charge in [0.2, 0.25) is 0 Å². The largest absolute Gasteiger partial charge is 0.397 e. The van der Waals surface area contributed by atoms with Gasteiger partial charge in [-0.25, -0.2) is 66.9 Å². The third kappa shape index (κ3) is 41.8. The van der Waals surface area contributed by atoms with Crippen molar-refractivity contribution in [1.29, 1.82) is 0 Å². The monoisotopic (exact) mass is 2190 g/mol. The zero-order chi connectivity index (χ0) is 97.3. The van der Waals surface area contributed by atoms with Gasteiger partial charge in [0.15, 0.2) is 62.0 Å². The first-order valence-corrected chi connectivity index (χ1v) is 52.6. The predicted octanol–water partition coefficient (Wildman–Crippen LogP) is -12.2. The maximum atomic E-state index is 13.4. The van der Waals surface area contributed by atoms with E-state index in [0.717, 1.165) is 0 Å². The van der Waals surface area contributed by atoms with E-state index in [1.54, 1.807) is 0 Å². The van der Waals surface area contributed by atoms with Crippen LogP contribution in [0.25, 0.3) is 0 Å². The van der Waals surface area contributed by atoms with Gasteiger partial charge in [0, 0.05) is 0 Å². The summed E-state index contributed by atoms with van der Waals surface area (Å²) in [5.74, 6) is 0. The number of hydrogen-bond donors (Lipinski definition) is 16. The van der Waals surface area contributed by atoms with Crippen LogP contribution in [0.2, 0.25) is 0 Å². The van der Waals surface area contributed by atoms with E-state index < -0.39 is 365 Å². The Hall–Kier alpha value is -2.48. The van der Waals surface area contributed by atoms with Crippen molar-refractivity contribution in [3.8, 4) is 0 Å². The lowest BCUT2D eigenvalue weighted by Crippen LogP contribution is -2.70. The van der Waals surface area contributed by atoms with E-state index in [0.29, 0.717) is 0 Å². The first kappa shape index (κ1) is 114. The molecule has 1 unspecified atom stereocenters. The van der Waals surface area contributed by atoms with E-state index in [9.17, 15) is 208 Å². The summed E-state index contributed by atoms with van der Waals surface area (Å²) in [4.78, 5) is 0. The van der Waals surface area contributed by atoms with Gasteiger partial charge in [-0.2, -0.15) is 135 Å². The molecule has 0 saturated carbocycles. The zero-order valence-corrected chi connectivity index (χ0v) is 73.3. The van der Waals surface area contributed by atoms with Gasteiger partial charge in [-0.05, 0) is 11.8 Å². The lowest BCUT2D eigenvalue weighted by atomic mass is 9.93. The van der Waals surface area contributed by atoms with Crippen LogP contribution in [0.1, 0.15) is 27.2 Å². The minimum absolute atomic E-state index is 0.322. The van der Waals surface area contributed by atoms with Gasteiger partial charge in [-0.3, -0.25) is 72.8 Å². The summed E-state index contributed by atoms with van der Waals surface area (Å²) in [6.45, 7) is -8.62. The molecule has 748 valence electrons. The molecule has 0 aromatic carbocycles. The van der Waals surface area contributed by atoms with Crippen LogP contribution in [-0.2, 0) is 281 Å². The van der Waals surface area contributed by atoms with Crippen molar-refractivity contribution in [2.45, 2.75) is 181 Å². The molecule has 0 spiro atoms. The molecule has 5 aliphatic heterocycles. The van der Waals surface area contributed by atoms with Crippen LogP contribution in [-0.4, -0.2) is 401 Å². The molecular weight excluding hydrogens is 2130 g/mol. The lowest BCUT2D eigenvalue weighted by Gasteiger charge is -2.51. The minimum atomic E-state index is -7.12. The molecule has 5 heterocycles. The highest BCUT2D eigenvalue weighted by Crippen LogP contribution is 2.44. The molecule has 5 fully saturated rings. The van der Waals surface area contributed by atoms with Gasteiger partial charge in [-0.15, -0.1) is 0 Å². The summed E-state index contributed by atoms with van der Waals surface area (Å²) < 4.78 is 688. The maximum absolute atomic E-state index is 13.4. The smallest absolute Gasteiger partial charge is 0.350 e. The minimum Gasteiger partial charge on any atom is -0.350 e. The van der Waals surface area contributed by atoms with Gasteiger partial charge in [0.05, 0.1) is 39.6 Å².